The number of hydrogen-bond acceptors (Lipinski definition) is 4. The molecule has 1 saturated heterocycles. The van der Waals surface area contributed by atoms with Gasteiger partial charge in [0.15, 0.2) is 0 Å². The second-order valence-electron chi connectivity index (χ2n) is 7.78. The highest BCUT2D eigenvalue weighted by Crippen LogP contribution is 2.37. The molecule has 2 fully saturated rings. The maximum absolute atomic E-state index is 13.0. The van der Waals surface area contributed by atoms with Crippen molar-refractivity contribution >= 4 is 17.6 Å². The van der Waals surface area contributed by atoms with Crippen LogP contribution in [0.4, 0.5) is 4.79 Å². The Hall–Kier alpha value is -2.70. The van der Waals surface area contributed by atoms with Crippen molar-refractivity contribution in [1.29, 1.82) is 0 Å². The van der Waals surface area contributed by atoms with Gasteiger partial charge in [-0.15, -0.1) is 0 Å². The number of hydrogen-bond donors (Lipinski definition) is 1. The minimum atomic E-state index is -0.772. The summed E-state index contributed by atoms with van der Waals surface area (Å²) in [4.78, 5) is 43.5. The van der Waals surface area contributed by atoms with Crippen LogP contribution in [-0.4, -0.2) is 31.8 Å². The number of nitrogens with one attached hydrogen (secondary N) is 1. The molecule has 142 valence electrons. The summed E-state index contributed by atoms with van der Waals surface area (Å²) in [7, 11) is 0. The average molecular weight is 368 g/mol. The van der Waals surface area contributed by atoms with Crippen molar-refractivity contribution in [2.24, 2.45) is 5.92 Å². The number of pyridine rings is 1. The lowest BCUT2D eigenvalue weighted by atomic mass is 9.75. The highest BCUT2D eigenvalue weighted by atomic mass is 16.2. The number of carbonyl (C=O) groups is 2. The van der Waals surface area contributed by atoms with Crippen molar-refractivity contribution in [1.82, 2.24) is 19.6 Å². The Bertz CT molecular complexity index is 973. The summed E-state index contributed by atoms with van der Waals surface area (Å²) in [5.74, 6) is 0.438. The largest absolute Gasteiger partial charge is 0.325 e. The number of imide groups is 1. The van der Waals surface area contributed by atoms with Gasteiger partial charge in [0.25, 0.3) is 11.5 Å². The van der Waals surface area contributed by atoms with Gasteiger partial charge in [0.1, 0.15) is 11.2 Å². The first-order valence-corrected chi connectivity index (χ1v) is 9.55. The fraction of sp³-hybridized carbons (Fsp3) is 0.500. The van der Waals surface area contributed by atoms with Crippen LogP contribution >= 0.6 is 0 Å². The van der Waals surface area contributed by atoms with Crippen molar-refractivity contribution in [3.8, 4) is 0 Å². The van der Waals surface area contributed by atoms with Crippen molar-refractivity contribution in [2.75, 3.05) is 0 Å². The van der Waals surface area contributed by atoms with Crippen molar-refractivity contribution in [3.05, 3.63) is 46.0 Å². The molecule has 27 heavy (non-hydrogen) atoms. The molecule has 1 spiro atoms. The molecule has 0 aromatic carbocycles. The summed E-state index contributed by atoms with van der Waals surface area (Å²) in [5, 5.41) is 2.92. The first-order valence-electron chi connectivity index (χ1n) is 9.55. The summed E-state index contributed by atoms with van der Waals surface area (Å²) in [6.45, 7) is 4.08. The number of urea groups is 1. The predicted molar refractivity (Wildman–Crippen MR) is 100 cm³/mol. The SMILES string of the molecule is CCC1CCC2(CC1)NC(=O)N(Cc1cc(=O)n3cc(C)ccc3n1)C2=O. The lowest BCUT2D eigenvalue weighted by Gasteiger charge is -2.34. The van der Waals surface area contributed by atoms with Crippen molar-refractivity contribution < 1.29 is 9.59 Å². The molecule has 1 aliphatic heterocycles. The van der Waals surface area contributed by atoms with Gasteiger partial charge >= 0.3 is 6.03 Å². The molecule has 7 nitrogen and oxygen atoms in total. The Morgan fingerprint density at radius 2 is 1.96 bits per heavy atom. The molecule has 0 radical (unpaired) electrons. The summed E-state index contributed by atoms with van der Waals surface area (Å²) >= 11 is 0. The van der Waals surface area contributed by atoms with Gasteiger partial charge in [-0.3, -0.25) is 18.9 Å². The number of rotatable bonds is 3. The molecule has 3 amide bonds. The minimum Gasteiger partial charge on any atom is -0.323 e. The van der Waals surface area contributed by atoms with Crippen molar-refractivity contribution in [2.45, 2.75) is 58.0 Å². The Morgan fingerprint density at radius 1 is 1.22 bits per heavy atom. The fourth-order valence-electron chi connectivity index (χ4n) is 4.24. The van der Waals surface area contributed by atoms with Gasteiger partial charge < -0.3 is 5.32 Å². The highest BCUT2D eigenvalue weighted by molar-refractivity contribution is 6.07. The summed E-state index contributed by atoms with van der Waals surface area (Å²) in [6.07, 6.45) is 6.09. The number of fused-ring (bicyclic) bond motifs is 1. The Morgan fingerprint density at radius 3 is 2.67 bits per heavy atom. The van der Waals surface area contributed by atoms with Gasteiger partial charge in [0.05, 0.1) is 12.2 Å². The average Bonchev–Trinajstić information content (AvgIpc) is 2.87. The standard InChI is InChI=1S/C20H24N4O3/c1-3-14-6-8-20(9-7-14)18(26)24(19(27)22-20)12-15-10-17(25)23-11-13(2)4-5-16(23)21-15/h4-5,10-11,14H,3,6-9,12H2,1-2H3,(H,22,27). The molecule has 3 heterocycles. The molecule has 1 aliphatic carbocycles. The molecular formula is C20H24N4O3. The number of amides is 3. The van der Waals surface area contributed by atoms with Crippen molar-refractivity contribution in [3.63, 3.8) is 0 Å². The van der Waals surface area contributed by atoms with Crippen LogP contribution in [-0.2, 0) is 11.3 Å². The zero-order valence-electron chi connectivity index (χ0n) is 15.7. The van der Waals surface area contributed by atoms with Crippen LogP contribution in [0, 0.1) is 12.8 Å². The maximum Gasteiger partial charge on any atom is 0.325 e. The molecule has 1 saturated carbocycles. The molecular weight excluding hydrogens is 344 g/mol. The van der Waals surface area contributed by atoms with Gasteiger partial charge in [-0.25, -0.2) is 9.78 Å². The third-order valence-corrected chi connectivity index (χ3v) is 5.96. The van der Waals surface area contributed by atoms with E-state index >= 15 is 0 Å². The lowest BCUT2D eigenvalue weighted by molar-refractivity contribution is -0.133. The van der Waals surface area contributed by atoms with E-state index in [1.807, 2.05) is 13.0 Å². The van der Waals surface area contributed by atoms with Crippen LogP contribution in [0.5, 0.6) is 0 Å². The highest BCUT2D eigenvalue weighted by Gasteiger charge is 2.52. The van der Waals surface area contributed by atoms with Gasteiger partial charge in [-0.2, -0.15) is 0 Å². The Labute approximate surface area is 157 Å². The van der Waals surface area contributed by atoms with E-state index in [1.165, 1.54) is 15.4 Å². The first-order chi connectivity index (χ1) is 12.9. The predicted octanol–water partition coefficient (Wildman–Crippen LogP) is 2.39. The van der Waals surface area contributed by atoms with Gasteiger partial charge in [0, 0.05) is 12.3 Å². The second kappa shape index (κ2) is 6.48. The summed E-state index contributed by atoms with van der Waals surface area (Å²) in [6, 6.07) is 4.65. The minimum absolute atomic E-state index is 0.0171. The first kappa shape index (κ1) is 17.7. The summed E-state index contributed by atoms with van der Waals surface area (Å²) < 4.78 is 1.47. The molecule has 0 bridgehead atoms. The van der Waals surface area contributed by atoms with Gasteiger partial charge in [0.2, 0.25) is 0 Å². The van der Waals surface area contributed by atoms with Crippen LogP contribution in [0.15, 0.2) is 29.2 Å². The van der Waals surface area contributed by atoms with E-state index in [-0.39, 0.29) is 24.0 Å². The smallest absolute Gasteiger partial charge is 0.323 e. The third-order valence-electron chi connectivity index (χ3n) is 5.96. The van der Waals surface area contributed by atoms with E-state index in [0.29, 0.717) is 30.1 Å². The molecule has 2 aromatic heterocycles. The number of nitrogens with zero attached hydrogens (tertiary/aromatic N) is 3. The Balaban J connectivity index is 1.59. The van der Waals surface area contributed by atoms with E-state index < -0.39 is 5.54 Å². The molecule has 4 rings (SSSR count). The lowest BCUT2D eigenvalue weighted by Crippen LogP contribution is -2.49. The number of carbonyl (C=O) groups excluding carboxylic acids is 2. The topological polar surface area (TPSA) is 83.8 Å². The van der Waals surface area contributed by atoms with Gasteiger partial charge in [-0.1, -0.05) is 19.4 Å². The van der Waals surface area contributed by atoms with E-state index in [2.05, 4.69) is 17.2 Å². The molecule has 0 atom stereocenters. The third kappa shape index (κ3) is 3.01. The zero-order valence-corrected chi connectivity index (χ0v) is 15.7. The number of aryl methyl sites for hydroxylation is 1. The van der Waals surface area contributed by atoms with Crippen LogP contribution < -0.4 is 10.9 Å². The van der Waals surface area contributed by atoms with E-state index in [4.69, 9.17) is 0 Å². The molecule has 2 aromatic rings. The molecule has 0 unspecified atom stereocenters. The monoisotopic (exact) mass is 368 g/mol. The maximum atomic E-state index is 13.0. The van der Waals surface area contributed by atoms with E-state index in [9.17, 15) is 14.4 Å². The van der Waals surface area contributed by atoms with E-state index in [0.717, 1.165) is 24.8 Å². The van der Waals surface area contributed by atoms with E-state index in [1.54, 1.807) is 12.3 Å². The molecule has 1 N–H and O–H groups in total. The molecule has 2 aliphatic rings. The molecule has 7 heteroatoms. The fourth-order valence-corrected chi connectivity index (χ4v) is 4.24. The van der Waals surface area contributed by atoms with Crippen LogP contribution in [0.25, 0.3) is 5.65 Å². The summed E-state index contributed by atoms with van der Waals surface area (Å²) in [5.41, 5.74) is 0.896. The van der Waals surface area contributed by atoms with Gasteiger partial charge in [-0.05, 0) is 50.2 Å². The van der Waals surface area contributed by atoms with Crippen LogP contribution in [0.1, 0.15) is 50.3 Å². The van der Waals surface area contributed by atoms with Crippen LogP contribution in [0.3, 0.4) is 0 Å². The Kier molecular flexibility index (Phi) is 4.25. The normalized spacial score (nSPS) is 25.4. The number of aromatic nitrogens is 2. The van der Waals surface area contributed by atoms with Crippen LogP contribution in [0.2, 0.25) is 0 Å². The second-order valence-corrected chi connectivity index (χ2v) is 7.78. The zero-order chi connectivity index (χ0) is 19.2. The quantitative estimate of drug-likeness (QED) is 0.843.